The first-order valence-corrected chi connectivity index (χ1v) is 7.31. The Morgan fingerprint density at radius 3 is 2.44 bits per heavy atom. The van der Waals surface area contributed by atoms with Crippen molar-refractivity contribution >= 4 is 0 Å². The van der Waals surface area contributed by atoms with Crippen molar-refractivity contribution in [2.75, 3.05) is 0 Å². The molecule has 1 fully saturated rings. The van der Waals surface area contributed by atoms with Crippen LogP contribution in [0.2, 0.25) is 0 Å². The van der Waals surface area contributed by atoms with Crippen LogP contribution in [0.5, 0.6) is 0 Å². The molecule has 0 amide bonds. The molecule has 0 spiro atoms. The van der Waals surface area contributed by atoms with E-state index in [4.69, 9.17) is 5.73 Å². The lowest BCUT2D eigenvalue weighted by Gasteiger charge is -2.34. The first-order valence-electron chi connectivity index (χ1n) is 7.31. The molecule has 0 bridgehead atoms. The molecule has 1 aliphatic carbocycles. The lowest BCUT2D eigenvalue weighted by Crippen LogP contribution is -2.35. The van der Waals surface area contributed by atoms with Crippen LogP contribution in [0.1, 0.15) is 45.1 Å². The molecule has 0 radical (unpaired) electrons. The molecule has 1 unspecified atom stereocenters. The summed E-state index contributed by atoms with van der Waals surface area (Å²) in [6, 6.07) is 4.44. The highest BCUT2D eigenvalue weighted by atomic mass is 14.7. The molecule has 2 heteroatoms. The van der Waals surface area contributed by atoms with E-state index in [1.54, 1.807) is 0 Å². The van der Waals surface area contributed by atoms with Crippen molar-refractivity contribution in [3.63, 3.8) is 0 Å². The highest BCUT2D eigenvalue weighted by molar-refractivity contribution is 5.10. The Morgan fingerprint density at radius 2 is 1.89 bits per heavy atom. The van der Waals surface area contributed by atoms with Crippen LogP contribution in [-0.2, 0) is 6.42 Å². The average Bonchev–Trinajstić information content (AvgIpc) is 2.40. The van der Waals surface area contributed by atoms with Gasteiger partial charge in [-0.05, 0) is 61.5 Å². The van der Waals surface area contributed by atoms with Gasteiger partial charge in [-0.2, -0.15) is 0 Å². The lowest BCUT2D eigenvalue weighted by atomic mass is 9.74. The Kier molecular flexibility index (Phi) is 4.76. The molecule has 1 aliphatic rings. The minimum atomic E-state index is 0.308. The highest BCUT2D eigenvalue weighted by Gasteiger charge is 2.26. The molecule has 100 valence electrons. The van der Waals surface area contributed by atoms with Crippen molar-refractivity contribution in [1.29, 1.82) is 0 Å². The number of hydrogen-bond donors (Lipinski definition) is 1. The van der Waals surface area contributed by atoms with Crippen LogP contribution in [-0.4, -0.2) is 11.0 Å². The Balaban J connectivity index is 1.82. The van der Waals surface area contributed by atoms with Crippen molar-refractivity contribution in [2.45, 2.75) is 52.0 Å². The standard InChI is InChI=1S/C16H26N2/c1-12(2)14-5-7-15(8-6-14)16(17)10-13-4-3-9-18-11-13/h3-4,9,11-12,14-16H,5-8,10,17H2,1-2H3. The molecule has 1 saturated carbocycles. The van der Waals surface area contributed by atoms with Gasteiger partial charge in [0.1, 0.15) is 0 Å². The number of nitrogens with two attached hydrogens (primary N) is 1. The van der Waals surface area contributed by atoms with E-state index in [9.17, 15) is 0 Å². The van der Waals surface area contributed by atoms with Crippen molar-refractivity contribution in [2.24, 2.45) is 23.5 Å². The predicted molar refractivity (Wildman–Crippen MR) is 76.2 cm³/mol. The van der Waals surface area contributed by atoms with Gasteiger partial charge in [0, 0.05) is 18.4 Å². The predicted octanol–water partition coefficient (Wildman–Crippen LogP) is 3.41. The van der Waals surface area contributed by atoms with Crippen molar-refractivity contribution in [3.05, 3.63) is 30.1 Å². The van der Waals surface area contributed by atoms with Gasteiger partial charge in [0.2, 0.25) is 0 Å². The van der Waals surface area contributed by atoms with Gasteiger partial charge in [0.05, 0.1) is 0 Å². The smallest absolute Gasteiger partial charge is 0.0300 e. The minimum Gasteiger partial charge on any atom is -0.327 e. The van der Waals surface area contributed by atoms with E-state index in [-0.39, 0.29) is 0 Å². The van der Waals surface area contributed by atoms with E-state index >= 15 is 0 Å². The maximum absolute atomic E-state index is 6.37. The molecule has 1 aromatic heterocycles. The Bertz CT molecular complexity index is 339. The summed E-state index contributed by atoms with van der Waals surface area (Å²) in [7, 11) is 0. The number of rotatable bonds is 4. The zero-order valence-corrected chi connectivity index (χ0v) is 11.7. The van der Waals surface area contributed by atoms with Crippen LogP contribution >= 0.6 is 0 Å². The summed E-state index contributed by atoms with van der Waals surface area (Å²) < 4.78 is 0. The Morgan fingerprint density at radius 1 is 1.22 bits per heavy atom. The van der Waals surface area contributed by atoms with Crippen LogP contribution in [0.25, 0.3) is 0 Å². The molecule has 2 N–H and O–H groups in total. The van der Waals surface area contributed by atoms with E-state index in [0.29, 0.717) is 12.0 Å². The molecule has 18 heavy (non-hydrogen) atoms. The molecule has 1 heterocycles. The summed E-state index contributed by atoms with van der Waals surface area (Å²) >= 11 is 0. The maximum atomic E-state index is 6.37. The molecular weight excluding hydrogens is 220 g/mol. The van der Waals surface area contributed by atoms with Crippen molar-refractivity contribution in [1.82, 2.24) is 4.98 Å². The second kappa shape index (κ2) is 6.33. The van der Waals surface area contributed by atoms with Crippen LogP contribution in [0.3, 0.4) is 0 Å². The Hall–Kier alpha value is -0.890. The van der Waals surface area contributed by atoms with E-state index in [2.05, 4.69) is 24.9 Å². The minimum absolute atomic E-state index is 0.308. The molecule has 1 atom stereocenters. The summed E-state index contributed by atoms with van der Waals surface area (Å²) in [5, 5.41) is 0. The number of pyridine rings is 1. The fourth-order valence-electron chi connectivity index (χ4n) is 3.20. The third kappa shape index (κ3) is 3.55. The van der Waals surface area contributed by atoms with Crippen LogP contribution in [0, 0.1) is 17.8 Å². The number of hydrogen-bond acceptors (Lipinski definition) is 2. The average molecular weight is 246 g/mol. The van der Waals surface area contributed by atoms with Gasteiger partial charge >= 0.3 is 0 Å². The second-order valence-corrected chi connectivity index (χ2v) is 6.15. The normalized spacial score (nSPS) is 26.2. The topological polar surface area (TPSA) is 38.9 Å². The molecule has 1 aromatic rings. The summed E-state index contributed by atoms with van der Waals surface area (Å²) in [4.78, 5) is 4.16. The van der Waals surface area contributed by atoms with Crippen LogP contribution in [0.15, 0.2) is 24.5 Å². The molecule has 2 nitrogen and oxygen atoms in total. The van der Waals surface area contributed by atoms with Crippen LogP contribution < -0.4 is 5.73 Å². The van der Waals surface area contributed by atoms with Gasteiger partial charge in [-0.15, -0.1) is 0 Å². The molecule has 0 aliphatic heterocycles. The second-order valence-electron chi connectivity index (χ2n) is 6.15. The van der Waals surface area contributed by atoms with Gasteiger partial charge < -0.3 is 5.73 Å². The first kappa shape index (κ1) is 13.5. The SMILES string of the molecule is CC(C)C1CCC(C(N)Cc2cccnc2)CC1. The van der Waals surface area contributed by atoms with Gasteiger partial charge in [-0.1, -0.05) is 19.9 Å². The Labute approximate surface area is 111 Å². The number of nitrogens with zero attached hydrogens (tertiary/aromatic N) is 1. The molecule has 0 saturated heterocycles. The fraction of sp³-hybridized carbons (Fsp3) is 0.688. The zero-order chi connectivity index (χ0) is 13.0. The van der Waals surface area contributed by atoms with E-state index < -0.39 is 0 Å². The third-order valence-electron chi connectivity index (χ3n) is 4.56. The highest BCUT2D eigenvalue weighted by Crippen LogP contribution is 2.34. The van der Waals surface area contributed by atoms with E-state index in [1.165, 1.54) is 31.2 Å². The van der Waals surface area contributed by atoms with Gasteiger partial charge in [0.15, 0.2) is 0 Å². The maximum Gasteiger partial charge on any atom is 0.0300 e. The monoisotopic (exact) mass is 246 g/mol. The molecule has 0 aromatic carbocycles. The quantitative estimate of drug-likeness (QED) is 0.884. The third-order valence-corrected chi connectivity index (χ3v) is 4.56. The van der Waals surface area contributed by atoms with E-state index in [0.717, 1.165) is 18.3 Å². The fourth-order valence-corrected chi connectivity index (χ4v) is 3.20. The van der Waals surface area contributed by atoms with Crippen molar-refractivity contribution in [3.8, 4) is 0 Å². The molecular formula is C16H26N2. The van der Waals surface area contributed by atoms with Gasteiger partial charge in [-0.3, -0.25) is 4.98 Å². The largest absolute Gasteiger partial charge is 0.327 e. The summed E-state index contributed by atoms with van der Waals surface area (Å²) in [5.74, 6) is 2.47. The lowest BCUT2D eigenvalue weighted by molar-refractivity contribution is 0.202. The summed E-state index contributed by atoms with van der Waals surface area (Å²) in [5.41, 5.74) is 7.65. The van der Waals surface area contributed by atoms with Crippen LogP contribution in [0.4, 0.5) is 0 Å². The van der Waals surface area contributed by atoms with E-state index in [1.807, 2.05) is 18.5 Å². The van der Waals surface area contributed by atoms with Gasteiger partial charge in [0.25, 0.3) is 0 Å². The zero-order valence-electron chi connectivity index (χ0n) is 11.7. The van der Waals surface area contributed by atoms with Crippen molar-refractivity contribution < 1.29 is 0 Å². The number of aromatic nitrogens is 1. The molecule has 2 rings (SSSR count). The first-order chi connectivity index (χ1) is 8.66. The summed E-state index contributed by atoms with van der Waals surface area (Å²) in [6.45, 7) is 4.70. The summed E-state index contributed by atoms with van der Waals surface area (Å²) in [6.07, 6.45) is 10.1. The van der Waals surface area contributed by atoms with Gasteiger partial charge in [-0.25, -0.2) is 0 Å².